The fourth-order valence-corrected chi connectivity index (χ4v) is 3.20. The largest absolute Gasteiger partial charge is 1.00 e. The normalized spacial score (nSPS) is 15.5. The fourth-order valence-electron chi connectivity index (χ4n) is 3.20. The van der Waals surface area contributed by atoms with Crippen LogP contribution in [0.25, 0.3) is 0 Å². The predicted molar refractivity (Wildman–Crippen MR) is 106 cm³/mol. The Balaban J connectivity index is 0.00000280. The van der Waals surface area contributed by atoms with Crippen LogP contribution < -0.4 is 31.5 Å². The highest BCUT2D eigenvalue weighted by Gasteiger charge is 2.19. The summed E-state index contributed by atoms with van der Waals surface area (Å²) in [5, 5.41) is 10.3. The molecule has 1 aliphatic heterocycles. The number of aliphatic hydroxyl groups is 1. The summed E-state index contributed by atoms with van der Waals surface area (Å²) in [7, 11) is 3.31. The quantitative estimate of drug-likeness (QED) is 0.622. The van der Waals surface area contributed by atoms with Gasteiger partial charge in [0.05, 0.1) is 14.2 Å². The number of β-amino-alcohol motifs (C(OH)–C–C–N with tert-alkyl or cyclic N) is 1. The lowest BCUT2D eigenvalue weighted by Gasteiger charge is -2.36. The number of methoxy groups -OCH3 is 2. The monoisotopic (exact) mass is 407 g/mol. The second-order valence-corrected chi connectivity index (χ2v) is 6.63. The van der Waals surface area contributed by atoms with Crippen LogP contribution in [0.1, 0.15) is 0 Å². The molecule has 0 aromatic heterocycles. The van der Waals surface area contributed by atoms with Gasteiger partial charge in [0.15, 0.2) is 0 Å². The van der Waals surface area contributed by atoms with Gasteiger partial charge in [-0.1, -0.05) is 0 Å². The van der Waals surface area contributed by atoms with Crippen molar-refractivity contribution in [1.82, 2.24) is 4.90 Å². The van der Waals surface area contributed by atoms with Crippen LogP contribution in [0, 0.1) is 0 Å². The predicted octanol–water partition coefficient (Wildman–Crippen LogP) is -0.730. The lowest BCUT2D eigenvalue weighted by Crippen LogP contribution is -3.00. The molecule has 1 unspecified atom stereocenters. The van der Waals surface area contributed by atoms with Crippen LogP contribution in [-0.2, 0) is 0 Å². The van der Waals surface area contributed by atoms with Crippen molar-refractivity contribution in [3.63, 3.8) is 0 Å². The van der Waals surface area contributed by atoms with Gasteiger partial charge < -0.3 is 36.6 Å². The van der Waals surface area contributed by atoms with Gasteiger partial charge in [-0.15, -0.1) is 0 Å². The highest BCUT2D eigenvalue weighted by atomic mass is 35.5. The number of anilines is 1. The van der Waals surface area contributed by atoms with Crippen molar-refractivity contribution >= 4 is 5.69 Å². The summed E-state index contributed by atoms with van der Waals surface area (Å²) >= 11 is 0. The Kier molecular flexibility index (Phi) is 8.70. The number of benzene rings is 2. The zero-order valence-electron chi connectivity index (χ0n) is 16.4. The molecule has 154 valence electrons. The molecule has 2 aromatic carbocycles. The molecule has 2 aromatic rings. The second kappa shape index (κ2) is 11.0. The molecule has 7 heteroatoms. The number of halogens is 1. The van der Waals surface area contributed by atoms with Crippen molar-refractivity contribution in [1.29, 1.82) is 0 Å². The lowest BCUT2D eigenvalue weighted by atomic mass is 10.2. The van der Waals surface area contributed by atoms with Crippen LogP contribution in [0.3, 0.4) is 0 Å². The van der Waals surface area contributed by atoms with Crippen LogP contribution in [-0.4, -0.2) is 69.7 Å². The number of hydrogen-bond donors (Lipinski definition) is 1. The summed E-state index contributed by atoms with van der Waals surface area (Å²) in [6.45, 7) is 4.63. The van der Waals surface area contributed by atoms with Crippen molar-refractivity contribution in [3.8, 4) is 17.2 Å². The van der Waals surface area contributed by atoms with Gasteiger partial charge in [-0.3, -0.25) is 4.90 Å². The number of rotatable bonds is 8. The maximum Gasteiger partial charge on any atom is 0.119 e. The van der Waals surface area contributed by atoms with Crippen LogP contribution in [0.5, 0.6) is 17.2 Å². The Labute approximate surface area is 173 Å². The van der Waals surface area contributed by atoms with Gasteiger partial charge in [-0.2, -0.15) is 0 Å². The summed E-state index contributed by atoms with van der Waals surface area (Å²) in [4.78, 5) is 4.64. The Morgan fingerprint density at radius 3 is 1.86 bits per heavy atom. The molecule has 1 saturated heterocycles. The summed E-state index contributed by atoms with van der Waals surface area (Å²) < 4.78 is 16.0. The van der Waals surface area contributed by atoms with E-state index in [2.05, 4.69) is 21.9 Å². The van der Waals surface area contributed by atoms with Crippen molar-refractivity contribution in [2.24, 2.45) is 0 Å². The van der Waals surface area contributed by atoms with E-state index in [-0.39, 0.29) is 19.0 Å². The summed E-state index contributed by atoms with van der Waals surface area (Å²) in [5.74, 6) is 2.40. The molecule has 6 nitrogen and oxygen atoms in total. The number of hydrogen-bond acceptors (Lipinski definition) is 6. The highest BCUT2D eigenvalue weighted by molar-refractivity contribution is 5.49. The van der Waals surface area contributed by atoms with E-state index in [0.29, 0.717) is 6.54 Å². The Hall–Kier alpha value is -2.15. The molecular formula is C21H28ClN2O4-. The van der Waals surface area contributed by atoms with E-state index in [1.165, 1.54) is 5.69 Å². The van der Waals surface area contributed by atoms with Crippen LogP contribution in [0.2, 0.25) is 0 Å². The molecule has 1 N–H and O–H groups in total. The molecule has 0 spiro atoms. The van der Waals surface area contributed by atoms with Gasteiger partial charge in [-0.25, -0.2) is 0 Å². The standard InChI is InChI=1S/C21H28N2O4.ClH/c1-25-19-5-3-17(4-6-19)23-13-11-22(12-14-23)15-18(24)16-27-21-9-7-20(26-2)8-10-21;/h3-10,18,24H,11-16H2,1-2H3;1H/p-1. The summed E-state index contributed by atoms with van der Waals surface area (Å²) in [6.07, 6.45) is -0.514. The van der Waals surface area contributed by atoms with E-state index < -0.39 is 6.10 Å². The van der Waals surface area contributed by atoms with Gasteiger partial charge in [0.25, 0.3) is 0 Å². The van der Waals surface area contributed by atoms with Gasteiger partial charge in [0.1, 0.15) is 30.0 Å². The second-order valence-electron chi connectivity index (χ2n) is 6.63. The molecule has 1 aliphatic rings. The average Bonchev–Trinajstić information content (AvgIpc) is 2.73. The highest BCUT2D eigenvalue weighted by Crippen LogP contribution is 2.21. The van der Waals surface area contributed by atoms with E-state index in [1.807, 2.05) is 36.4 Å². The SMILES string of the molecule is COc1ccc(OCC(O)CN2CCN(c3ccc(OC)cc3)CC2)cc1.[Cl-]. The van der Waals surface area contributed by atoms with Crippen LogP contribution in [0.4, 0.5) is 5.69 Å². The number of ether oxygens (including phenoxy) is 3. The molecular weight excluding hydrogens is 380 g/mol. The molecule has 1 atom stereocenters. The molecule has 0 radical (unpaired) electrons. The minimum Gasteiger partial charge on any atom is -1.00 e. The first-order valence-electron chi connectivity index (χ1n) is 9.24. The molecule has 0 bridgehead atoms. The molecule has 3 rings (SSSR count). The Morgan fingerprint density at radius 1 is 0.821 bits per heavy atom. The maximum absolute atomic E-state index is 10.3. The lowest BCUT2D eigenvalue weighted by molar-refractivity contribution is -0.00000838. The Bertz CT molecular complexity index is 689. The van der Waals surface area contributed by atoms with Crippen molar-refractivity contribution in [2.75, 3.05) is 58.5 Å². The number of nitrogens with zero attached hydrogens (tertiary/aromatic N) is 2. The molecule has 28 heavy (non-hydrogen) atoms. The van der Waals surface area contributed by atoms with Gasteiger partial charge in [-0.05, 0) is 48.5 Å². The first kappa shape index (κ1) is 22.1. The number of piperazine rings is 1. The van der Waals surface area contributed by atoms with Crippen molar-refractivity contribution < 1.29 is 31.7 Å². The van der Waals surface area contributed by atoms with Crippen LogP contribution >= 0.6 is 0 Å². The smallest absolute Gasteiger partial charge is 0.119 e. The van der Waals surface area contributed by atoms with Gasteiger partial charge >= 0.3 is 0 Å². The van der Waals surface area contributed by atoms with Crippen molar-refractivity contribution in [2.45, 2.75) is 6.10 Å². The van der Waals surface area contributed by atoms with E-state index in [1.54, 1.807) is 14.2 Å². The average molecular weight is 408 g/mol. The molecule has 0 saturated carbocycles. The molecule has 0 aliphatic carbocycles. The van der Waals surface area contributed by atoms with E-state index in [4.69, 9.17) is 14.2 Å². The first-order chi connectivity index (χ1) is 13.2. The van der Waals surface area contributed by atoms with Crippen molar-refractivity contribution in [3.05, 3.63) is 48.5 Å². The van der Waals surface area contributed by atoms with E-state index in [0.717, 1.165) is 43.4 Å². The third-order valence-corrected chi connectivity index (χ3v) is 4.78. The number of aliphatic hydroxyl groups excluding tert-OH is 1. The third kappa shape index (κ3) is 6.19. The minimum absolute atomic E-state index is 0. The zero-order valence-corrected chi connectivity index (χ0v) is 17.1. The van der Waals surface area contributed by atoms with E-state index in [9.17, 15) is 5.11 Å². The fraction of sp³-hybridized carbons (Fsp3) is 0.429. The molecule has 1 fully saturated rings. The first-order valence-corrected chi connectivity index (χ1v) is 9.24. The summed E-state index contributed by atoms with van der Waals surface area (Å²) in [6, 6.07) is 15.5. The van der Waals surface area contributed by atoms with Crippen LogP contribution in [0.15, 0.2) is 48.5 Å². The minimum atomic E-state index is -0.514. The van der Waals surface area contributed by atoms with E-state index >= 15 is 0 Å². The summed E-state index contributed by atoms with van der Waals surface area (Å²) in [5.41, 5.74) is 1.21. The topological polar surface area (TPSA) is 54.4 Å². The van der Waals surface area contributed by atoms with Gasteiger partial charge in [0.2, 0.25) is 0 Å². The zero-order chi connectivity index (χ0) is 19.1. The third-order valence-electron chi connectivity index (χ3n) is 4.78. The Morgan fingerprint density at radius 2 is 1.32 bits per heavy atom. The molecule has 1 heterocycles. The molecule has 0 amide bonds. The van der Waals surface area contributed by atoms with Gasteiger partial charge in [0, 0.05) is 38.4 Å². The maximum atomic E-state index is 10.3.